The maximum absolute atomic E-state index is 12.5. The molecule has 2 N–H and O–H groups in total. The van der Waals surface area contributed by atoms with Gasteiger partial charge in [-0.2, -0.15) is 0 Å². The molecule has 1 spiro atoms. The van der Waals surface area contributed by atoms with Crippen molar-refractivity contribution in [3.05, 3.63) is 40.9 Å². The first-order valence-electron chi connectivity index (χ1n) is 8.53. The highest BCUT2D eigenvalue weighted by atomic mass is 35.5. The first-order valence-corrected chi connectivity index (χ1v) is 8.91. The van der Waals surface area contributed by atoms with Gasteiger partial charge in [-0.3, -0.25) is 9.59 Å². The molecule has 0 unspecified atom stereocenters. The molecule has 0 aliphatic heterocycles. The van der Waals surface area contributed by atoms with Crippen molar-refractivity contribution >= 4 is 29.1 Å². The predicted molar refractivity (Wildman–Crippen MR) is 94.0 cm³/mol. The minimum Gasteiger partial charge on any atom is -0.352 e. The molecular weight excluding hydrogens is 324 g/mol. The quantitative estimate of drug-likeness (QED) is 0.819. The summed E-state index contributed by atoms with van der Waals surface area (Å²) in [6.45, 7) is 2.12. The lowest BCUT2D eigenvalue weighted by molar-refractivity contribution is -0.114. The third kappa shape index (κ3) is 2.53. The average molecular weight is 345 g/mol. The Hall–Kier alpha value is -1.81. The Labute approximate surface area is 146 Å². The van der Waals surface area contributed by atoms with Crippen LogP contribution >= 0.6 is 11.6 Å². The fraction of sp³-hybridized carbons (Fsp3) is 0.474. The van der Waals surface area contributed by atoms with E-state index in [-0.39, 0.29) is 11.8 Å². The number of benzene rings is 1. The normalized spacial score (nSPS) is 28.2. The number of amides is 2. The molecule has 0 saturated heterocycles. The van der Waals surface area contributed by atoms with Gasteiger partial charge < -0.3 is 10.6 Å². The van der Waals surface area contributed by atoms with Gasteiger partial charge in [-0.15, -0.1) is 0 Å². The molecule has 126 valence electrons. The number of nitrogens with one attached hydrogen (secondary N) is 2. The number of halogens is 1. The first-order chi connectivity index (χ1) is 11.5. The molecule has 2 fully saturated rings. The molecule has 1 aromatic carbocycles. The van der Waals surface area contributed by atoms with Crippen molar-refractivity contribution in [1.29, 1.82) is 0 Å². The van der Waals surface area contributed by atoms with Crippen LogP contribution in [0.25, 0.3) is 0 Å². The van der Waals surface area contributed by atoms with Crippen LogP contribution in [0.1, 0.15) is 36.5 Å². The Kier molecular flexibility index (Phi) is 3.68. The molecule has 4 rings (SSSR count). The van der Waals surface area contributed by atoms with Crippen LogP contribution in [-0.4, -0.2) is 18.4 Å². The summed E-state index contributed by atoms with van der Waals surface area (Å²) in [6.07, 6.45) is 8.60. The van der Waals surface area contributed by atoms with Crippen LogP contribution in [-0.2, 0) is 4.79 Å². The van der Waals surface area contributed by atoms with E-state index in [1.165, 1.54) is 26.2 Å². The molecule has 5 heteroatoms. The molecule has 3 aliphatic carbocycles. The van der Waals surface area contributed by atoms with Gasteiger partial charge in [0.15, 0.2) is 0 Å². The number of carbonyl (C=O) groups is 2. The van der Waals surface area contributed by atoms with Crippen LogP contribution in [0.4, 0.5) is 5.69 Å². The third-order valence-electron chi connectivity index (χ3n) is 5.90. The summed E-state index contributed by atoms with van der Waals surface area (Å²) in [7, 11) is 0. The molecular formula is C19H21ClN2O2. The smallest absolute Gasteiger partial charge is 0.252 e. The first kappa shape index (κ1) is 15.7. The average Bonchev–Trinajstić information content (AvgIpc) is 3.21. The van der Waals surface area contributed by atoms with E-state index in [1.807, 2.05) is 0 Å². The van der Waals surface area contributed by atoms with Gasteiger partial charge in [-0.25, -0.2) is 0 Å². The van der Waals surface area contributed by atoms with Crippen LogP contribution in [0, 0.1) is 23.2 Å². The second kappa shape index (κ2) is 5.62. The Balaban J connectivity index is 1.42. The molecule has 2 amide bonds. The molecule has 3 atom stereocenters. The van der Waals surface area contributed by atoms with E-state index in [2.05, 4.69) is 22.8 Å². The summed E-state index contributed by atoms with van der Waals surface area (Å²) in [5.41, 5.74) is 1.53. The zero-order valence-corrected chi connectivity index (χ0v) is 14.4. The molecule has 3 aliphatic rings. The van der Waals surface area contributed by atoms with Crippen molar-refractivity contribution in [2.75, 3.05) is 11.9 Å². The van der Waals surface area contributed by atoms with Gasteiger partial charge in [0.1, 0.15) is 0 Å². The lowest BCUT2D eigenvalue weighted by Crippen LogP contribution is -2.31. The van der Waals surface area contributed by atoms with E-state index < -0.39 is 0 Å². The lowest BCUT2D eigenvalue weighted by Gasteiger charge is -2.20. The van der Waals surface area contributed by atoms with Crippen molar-refractivity contribution < 1.29 is 9.59 Å². The van der Waals surface area contributed by atoms with Gasteiger partial charge in [0.25, 0.3) is 5.91 Å². The summed E-state index contributed by atoms with van der Waals surface area (Å²) in [5, 5.41) is 6.12. The van der Waals surface area contributed by atoms with Gasteiger partial charge >= 0.3 is 0 Å². The van der Waals surface area contributed by atoms with E-state index in [0.29, 0.717) is 40.1 Å². The highest BCUT2D eigenvalue weighted by molar-refractivity contribution is 6.34. The summed E-state index contributed by atoms with van der Waals surface area (Å²) < 4.78 is 0. The summed E-state index contributed by atoms with van der Waals surface area (Å²) in [6, 6.07) is 4.96. The fourth-order valence-electron chi connectivity index (χ4n) is 4.65. The number of anilines is 1. The highest BCUT2D eigenvalue weighted by Gasteiger charge is 2.62. The lowest BCUT2D eigenvalue weighted by atomic mass is 9.89. The van der Waals surface area contributed by atoms with Crippen molar-refractivity contribution in [2.45, 2.75) is 26.2 Å². The van der Waals surface area contributed by atoms with Gasteiger partial charge in [-0.05, 0) is 60.6 Å². The van der Waals surface area contributed by atoms with Gasteiger partial charge in [0.2, 0.25) is 5.91 Å². The second-order valence-corrected chi connectivity index (χ2v) is 7.74. The monoisotopic (exact) mass is 344 g/mol. The largest absolute Gasteiger partial charge is 0.352 e. The standard InChI is InChI=1S/C19H21ClN2O2/c1-11(23)22-14-3-5-17(20)15(9-14)18(24)21-10-12-8-13-2-4-16(12)19(13)6-7-19/h2-5,9,12-13,16H,6-8,10H2,1H3,(H,21,24)(H,22,23)/t12-,13-,16-/m1/s1. The third-order valence-corrected chi connectivity index (χ3v) is 6.23. The van der Waals surface area contributed by atoms with E-state index in [9.17, 15) is 9.59 Å². The predicted octanol–water partition coefficient (Wildman–Crippen LogP) is 3.63. The molecule has 0 heterocycles. The van der Waals surface area contributed by atoms with Crippen LogP contribution in [0.3, 0.4) is 0 Å². The number of allylic oxidation sites excluding steroid dienone is 2. The minimum atomic E-state index is -0.177. The molecule has 0 radical (unpaired) electrons. The van der Waals surface area contributed by atoms with Gasteiger partial charge in [0, 0.05) is 19.2 Å². The van der Waals surface area contributed by atoms with E-state index in [1.54, 1.807) is 18.2 Å². The summed E-state index contributed by atoms with van der Waals surface area (Å²) in [4.78, 5) is 23.7. The summed E-state index contributed by atoms with van der Waals surface area (Å²) in [5.74, 6) is 1.53. The van der Waals surface area contributed by atoms with Crippen LogP contribution in [0.2, 0.25) is 5.02 Å². The Morgan fingerprint density at radius 2 is 2.08 bits per heavy atom. The van der Waals surface area contributed by atoms with Crippen LogP contribution in [0.5, 0.6) is 0 Å². The Morgan fingerprint density at radius 3 is 2.75 bits per heavy atom. The molecule has 0 aromatic heterocycles. The van der Waals surface area contributed by atoms with Crippen molar-refractivity contribution in [2.24, 2.45) is 23.2 Å². The van der Waals surface area contributed by atoms with Crippen LogP contribution < -0.4 is 10.6 Å². The Morgan fingerprint density at radius 1 is 1.29 bits per heavy atom. The number of hydrogen-bond donors (Lipinski definition) is 2. The van der Waals surface area contributed by atoms with E-state index >= 15 is 0 Å². The highest BCUT2D eigenvalue weighted by Crippen LogP contribution is 2.69. The number of rotatable bonds is 4. The summed E-state index contributed by atoms with van der Waals surface area (Å²) >= 11 is 6.16. The second-order valence-electron chi connectivity index (χ2n) is 7.33. The zero-order valence-electron chi connectivity index (χ0n) is 13.6. The van der Waals surface area contributed by atoms with Gasteiger partial charge in [0.05, 0.1) is 10.6 Å². The maximum atomic E-state index is 12.5. The SMILES string of the molecule is CC(=O)Nc1ccc(Cl)c(C(=O)NC[C@H]2C[C@H]3C=C[C@H]2C32CC2)c1. The van der Waals surface area contributed by atoms with Gasteiger partial charge in [-0.1, -0.05) is 23.8 Å². The fourth-order valence-corrected chi connectivity index (χ4v) is 4.86. The minimum absolute atomic E-state index is 0.174. The Bertz CT molecular complexity index is 739. The van der Waals surface area contributed by atoms with E-state index in [4.69, 9.17) is 11.6 Å². The van der Waals surface area contributed by atoms with Crippen molar-refractivity contribution in [3.8, 4) is 0 Å². The molecule has 4 nitrogen and oxygen atoms in total. The maximum Gasteiger partial charge on any atom is 0.252 e. The van der Waals surface area contributed by atoms with Crippen LogP contribution in [0.15, 0.2) is 30.4 Å². The van der Waals surface area contributed by atoms with Crippen molar-refractivity contribution in [3.63, 3.8) is 0 Å². The molecule has 24 heavy (non-hydrogen) atoms. The number of carbonyl (C=O) groups excluding carboxylic acids is 2. The van der Waals surface area contributed by atoms with E-state index in [0.717, 1.165) is 5.92 Å². The zero-order chi connectivity index (χ0) is 16.9. The molecule has 2 saturated carbocycles. The van der Waals surface area contributed by atoms with Crippen molar-refractivity contribution in [1.82, 2.24) is 5.32 Å². The molecule has 1 aromatic rings. The molecule has 2 bridgehead atoms. The topological polar surface area (TPSA) is 58.2 Å². The number of hydrogen-bond acceptors (Lipinski definition) is 2.